The fourth-order valence-corrected chi connectivity index (χ4v) is 2.39. The van der Waals surface area contributed by atoms with Crippen LogP contribution in [0.2, 0.25) is 5.02 Å². The summed E-state index contributed by atoms with van der Waals surface area (Å²) in [5.74, 6) is -0.247. The molecule has 1 aromatic rings. The number of halogens is 2. The molecule has 2 nitrogen and oxygen atoms in total. The molecular formula is C13H18ClFN2. The molecule has 0 radical (unpaired) electrons. The second-order valence-corrected chi connectivity index (χ2v) is 4.88. The average Bonchev–Trinajstić information content (AvgIpc) is 2.35. The Morgan fingerprint density at radius 2 is 2.12 bits per heavy atom. The Kier molecular flexibility index (Phi) is 4.24. The highest BCUT2D eigenvalue weighted by Gasteiger charge is 2.18. The zero-order valence-corrected chi connectivity index (χ0v) is 10.8. The van der Waals surface area contributed by atoms with Crippen molar-refractivity contribution in [1.82, 2.24) is 4.90 Å². The number of likely N-dealkylation sites (tertiary alicyclic amines) is 1. The smallest absolute Gasteiger partial charge is 0.125 e. The molecule has 0 unspecified atom stereocenters. The van der Waals surface area contributed by atoms with E-state index in [1.54, 1.807) is 6.07 Å². The van der Waals surface area contributed by atoms with E-state index in [1.165, 1.54) is 12.1 Å². The number of hydrogen-bond donors (Lipinski definition) is 1. The molecule has 0 saturated carbocycles. The molecule has 1 heterocycles. The maximum atomic E-state index is 13.1. The molecule has 0 aliphatic carbocycles. The lowest BCUT2D eigenvalue weighted by molar-refractivity contribution is 0.229. The minimum absolute atomic E-state index is 0.247. The number of hydrogen-bond acceptors (Lipinski definition) is 2. The highest BCUT2D eigenvalue weighted by molar-refractivity contribution is 6.33. The third-order valence-corrected chi connectivity index (χ3v) is 3.65. The molecule has 0 amide bonds. The molecule has 1 saturated heterocycles. The van der Waals surface area contributed by atoms with Crippen molar-refractivity contribution in [2.24, 2.45) is 0 Å². The fraction of sp³-hybridized carbons (Fsp3) is 0.538. The molecule has 17 heavy (non-hydrogen) atoms. The normalized spacial score (nSPS) is 18.3. The number of piperidine rings is 1. The van der Waals surface area contributed by atoms with Gasteiger partial charge in [-0.3, -0.25) is 0 Å². The van der Waals surface area contributed by atoms with Crippen LogP contribution in [0.25, 0.3) is 0 Å². The molecule has 1 fully saturated rings. The van der Waals surface area contributed by atoms with Crippen molar-refractivity contribution in [2.45, 2.75) is 25.8 Å². The van der Waals surface area contributed by atoms with Crippen LogP contribution in [-0.2, 0) is 0 Å². The summed E-state index contributed by atoms with van der Waals surface area (Å²) in [7, 11) is 0. The lowest BCUT2D eigenvalue weighted by atomic mass is 10.0. The first-order chi connectivity index (χ1) is 8.19. The van der Waals surface area contributed by atoms with Crippen molar-refractivity contribution < 1.29 is 4.39 Å². The molecule has 0 bridgehead atoms. The molecule has 0 atom stereocenters. The van der Waals surface area contributed by atoms with Crippen LogP contribution in [0.3, 0.4) is 0 Å². The van der Waals surface area contributed by atoms with E-state index in [2.05, 4.69) is 17.1 Å². The Morgan fingerprint density at radius 3 is 2.76 bits per heavy atom. The van der Waals surface area contributed by atoms with E-state index < -0.39 is 0 Å². The van der Waals surface area contributed by atoms with Crippen LogP contribution >= 0.6 is 11.6 Å². The first kappa shape index (κ1) is 12.7. The second-order valence-electron chi connectivity index (χ2n) is 4.48. The molecule has 1 aromatic carbocycles. The van der Waals surface area contributed by atoms with Crippen molar-refractivity contribution in [2.75, 3.05) is 25.0 Å². The minimum atomic E-state index is -0.247. The topological polar surface area (TPSA) is 15.3 Å². The van der Waals surface area contributed by atoms with Crippen molar-refractivity contribution in [3.8, 4) is 0 Å². The van der Waals surface area contributed by atoms with Gasteiger partial charge in [0.05, 0.1) is 10.7 Å². The fourth-order valence-electron chi connectivity index (χ4n) is 2.22. The van der Waals surface area contributed by atoms with Gasteiger partial charge in [-0.25, -0.2) is 4.39 Å². The van der Waals surface area contributed by atoms with E-state index in [1.807, 2.05) is 0 Å². The van der Waals surface area contributed by atoms with Crippen LogP contribution in [0.15, 0.2) is 18.2 Å². The molecular weight excluding hydrogens is 239 g/mol. The Morgan fingerprint density at radius 1 is 1.41 bits per heavy atom. The van der Waals surface area contributed by atoms with Crippen LogP contribution in [0.1, 0.15) is 19.8 Å². The van der Waals surface area contributed by atoms with Crippen LogP contribution < -0.4 is 5.32 Å². The lowest BCUT2D eigenvalue weighted by Gasteiger charge is -2.32. The summed E-state index contributed by atoms with van der Waals surface area (Å²) >= 11 is 6.03. The zero-order valence-electron chi connectivity index (χ0n) is 10.0. The van der Waals surface area contributed by atoms with Gasteiger partial charge in [-0.05, 0) is 37.6 Å². The van der Waals surface area contributed by atoms with E-state index in [0.717, 1.165) is 32.5 Å². The summed E-state index contributed by atoms with van der Waals surface area (Å²) in [6.45, 7) is 5.48. The number of nitrogens with one attached hydrogen (secondary N) is 1. The number of nitrogens with zero attached hydrogens (tertiary/aromatic N) is 1. The van der Waals surface area contributed by atoms with Crippen molar-refractivity contribution in [3.63, 3.8) is 0 Å². The monoisotopic (exact) mass is 256 g/mol. The Labute approximate surface area is 107 Å². The van der Waals surface area contributed by atoms with Gasteiger partial charge in [-0.15, -0.1) is 0 Å². The first-order valence-electron chi connectivity index (χ1n) is 6.13. The van der Waals surface area contributed by atoms with E-state index >= 15 is 0 Å². The van der Waals surface area contributed by atoms with Gasteiger partial charge in [0.25, 0.3) is 0 Å². The van der Waals surface area contributed by atoms with Crippen LogP contribution in [-0.4, -0.2) is 30.6 Å². The van der Waals surface area contributed by atoms with Crippen LogP contribution in [0.5, 0.6) is 0 Å². The standard InChI is InChI=1S/C13H18ClFN2/c1-2-17-7-5-11(6-8-17)16-13-9-10(15)3-4-12(13)14/h3-4,9,11,16H,2,5-8H2,1H3. The quantitative estimate of drug-likeness (QED) is 0.892. The summed E-state index contributed by atoms with van der Waals surface area (Å²) in [5.41, 5.74) is 0.710. The van der Waals surface area contributed by atoms with Crippen LogP contribution in [0.4, 0.5) is 10.1 Å². The molecule has 1 aliphatic rings. The third kappa shape index (κ3) is 3.33. The number of benzene rings is 1. The van der Waals surface area contributed by atoms with E-state index in [4.69, 9.17) is 11.6 Å². The predicted molar refractivity (Wildman–Crippen MR) is 70.2 cm³/mol. The van der Waals surface area contributed by atoms with E-state index in [0.29, 0.717) is 16.8 Å². The molecule has 0 spiro atoms. The number of rotatable bonds is 3. The largest absolute Gasteiger partial charge is 0.381 e. The molecule has 1 N–H and O–H groups in total. The highest BCUT2D eigenvalue weighted by atomic mass is 35.5. The molecule has 1 aliphatic heterocycles. The zero-order chi connectivity index (χ0) is 12.3. The predicted octanol–water partition coefficient (Wildman–Crippen LogP) is 3.38. The second kappa shape index (κ2) is 5.69. The summed E-state index contributed by atoms with van der Waals surface area (Å²) < 4.78 is 13.1. The van der Waals surface area contributed by atoms with Gasteiger partial charge in [-0.2, -0.15) is 0 Å². The highest BCUT2D eigenvalue weighted by Crippen LogP contribution is 2.25. The van der Waals surface area contributed by atoms with Gasteiger partial charge in [-0.1, -0.05) is 18.5 Å². The van der Waals surface area contributed by atoms with E-state index in [9.17, 15) is 4.39 Å². The van der Waals surface area contributed by atoms with Gasteiger partial charge in [0.15, 0.2) is 0 Å². The van der Waals surface area contributed by atoms with Crippen molar-refractivity contribution >= 4 is 17.3 Å². The van der Waals surface area contributed by atoms with Gasteiger partial charge < -0.3 is 10.2 Å². The number of anilines is 1. The molecule has 2 rings (SSSR count). The van der Waals surface area contributed by atoms with Crippen molar-refractivity contribution in [3.05, 3.63) is 29.0 Å². The maximum Gasteiger partial charge on any atom is 0.125 e. The average molecular weight is 257 g/mol. The molecule has 94 valence electrons. The van der Waals surface area contributed by atoms with Gasteiger partial charge in [0.1, 0.15) is 5.82 Å². The van der Waals surface area contributed by atoms with Gasteiger partial charge in [0.2, 0.25) is 0 Å². The Hall–Kier alpha value is -0.800. The first-order valence-corrected chi connectivity index (χ1v) is 6.50. The molecule has 4 heteroatoms. The Balaban J connectivity index is 1.95. The Bertz CT molecular complexity index is 376. The summed E-state index contributed by atoms with van der Waals surface area (Å²) in [4.78, 5) is 2.42. The minimum Gasteiger partial charge on any atom is -0.381 e. The van der Waals surface area contributed by atoms with Gasteiger partial charge >= 0.3 is 0 Å². The summed E-state index contributed by atoms with van der Waals surface area (Å²) in [5, 5.41) is 3.92. The lowest BCUT2D eigenvalue weighted by Crippen LogP contribution is -2.38. The maximum absolute atomic E-state index is 13.1. The van der Waals surface area contributed by atoms with Crippen LogP contribution in [0, 0.1) is 5.82 Å². The molecule has 0 aromatic heterocycles. The SMILES string of the molecule is CCN1CCC(Nc2cc(F)ccc2Cl)CC1. The summed E-state index contributed by atoms with van der Waals surface area (Å²) in [6, 6.07) is 4.85. The van der Waals surface area contributed by atoms with E-state index in [-0.39, 0.29) is 5.82 Å². The van der Waals surface area contributed by atoms with Crippen molar-refractivity contribution in [1.29, 1.82) is 0 Å². The summed E-state index contributed by atoms with van der Waals surface area (Å²) in [6.07, 6.45) is 2.17. The third-order valence-electron chi connectivity index (χ3n) is 3.32. The van der Waals surface area contributed by atoms with Gasteiger partial charge in [0, 0.05) is 19.1 Å².